The van der Waals surface area contributed by atoms with E-state index in [0.29, 0.717) is 24.5 Å². The molecule has 1 N–H and O–H groups in total. The Labute approximate surface area is 238 Å². The fraction of sp³-hybridized carbons (Fsp3) is 0.355. The summed E-state index contributed by atoms with van der Waals surface area (Å²) >= 11 is 0. The number of benzene rings is 3. The number of amides is 2. The highest BCUT2D eigenvalue weighted by atomic mass is 32.2. The zero-order valence-electron chi connectivity index (χ0n) is 23.6. The molecule has 2 amide bonds. The van der Waals surface area contributed by atoms with Gasteiger partial charge >= 0.3 is 0 Å². The van der Waals surface area contributed by atoms with Gasteiger partial charge in [0.15, 0.2) is 0 Å². The molecular formula is C31H39N3O5S. The number of nitrogens with zero attached hydrogens (tertiary/aromatic N) is 2. The van der Waals surface area contributed by atoms with Crippen LogP contribution in [-0.4, -0.2) is 56.6 Å². The highest BCUT2D eigenvalue weighted by Gasteiger charge is 2.30. The first-order chi connectivity index (χ1) is 19.1. The van der Waals surface area contributed by atoms with Crippen molar-refractivity contribution >= 4 is 27.5 Å². The van der Waals surface area contributed by atoms with E-state index in [1.165, 1.54) is 4.90 Å². The van der Waals surface area contributed by atoms with Gasteiger partial charge in [-0.25, -0.2) is 8.42 Å². The monoisotopic (exact) mass is 565 g/mol. The number of hydrogen-bond acceptors (Lipinski definition) is 5. The van der Waals surface area contributed by atoms with E-state index in [2.05, 4.69) is 5.32 Å². The van der Waals surface area contributed by atoms with Crippen LogP contribution in [0.1, 0.15) is 38.3 Å². The standard InChI is InChI=1S/C31H39N3O5S/c1-5-24(2)32-31(36)25(3)33(21-20-26-12-8-6-9-13-26)30(35)22-34(40(4,37)38)28-16-18-29(19-17-28)39-23-27-14-10-7-11-15-27/h6-19,24-25H,5,20-23H2,1-4H3,(H,32,36)/t24-,25+/m0/s1. The van der Waals surface area contributed by atoms with E-state index in [9.17, 15) is 18.0 Å². The van der Waals surface area contributed by atoms with E-state index in [0.717, 1.165) is 28.1 Å². The molecule has 0 saturated carbocycles. The summed E-state index contributed by atoms with van der Waals surface area (Å²) in [6.45, 7) is 5.75. The second kappa shape index (κ2) is 14.5. The number of ether oxygens (including phenoxy) is 1. The van der Waals surface area contributed by atoms with Gasteiger partial charge in [-0.15, -0.1) is 0 Å². The number of hydrogen-bond donors (Lipinski definition) is 1. The van der Waals surface area contributed by atoms with Gasteiger partial charge in [-0.1, -0.05) is 67.6 Å². The lowest BCUT2D eigenvalue weighted by atomic mass is 10.1. The fourth-order valence-electron chi connectivity index (χ4n) is 4.10. The molecule has 0 aliphatic rings. The van der Waals surface area contributed by atoms with E-state index in [1.54, 1.807) is 31.2 Å². The summed E-state index contributed by atoms with van der Waals surface area (Å²) in [5.74, 6) is -0.161. The van der Waals surface area contributed by atoms with Crippen LogP contribution in [0, 0.1) is 0 Å². The predicted molar refractivity (Wildman–Crippen MR) is 159 cm³/mol. The van der Waals surface area contributed by atoms with Gasteiger partial charge in [-0.2, -0.15) is 0 Å². The minimum absolute atomic E-state index is 0.0452. The molecular weight excluding hydrogens is 526 g/mol. The van der Waals surface area contributed by atoms with Crippen LogP contribution in [0.3, 0.4) is 0 Å². The van der Waals surface area contributed by atoms with Crippen molar-refractivity contribution < 1.29 is 22.7 Å². The Bertz CT molecular complexity index is 1330. The summed E-state index contributed by atoms with van der Waals surface area (Å²) in [4.78, 5) is 28.1. The Morgan fingerprint density at radius 3 is 2.00 bits per heavy atom. The quantitative estimate of drug-likeness (QED) is 0.313. The average Bonchev–Trinajstić information content (AvgIpc) is 2.95. The third-order valence-electron chi connectivity index (χ3n) is 6.70. The number of sulfonamides is 1. The number of carbonyl (C=O) groups excluding carboxylic acids is 2. The summed E-state index contributed by atoms with van der Waals surface area (Å²) in [5.41, 5.74) is 2.36. The highest BCUT2D eigenvalue weighted by molar-refractivity contribution is 7.92. The molecule has 0 fully saturated rings. The van der Waals surface area contributed by atoms with Crippen LogP contribution in [0.4, 0.5) is 5.69 Å². The van der Waals surface area contributed by atoms with Gasteiger partial charge in [0.1, 0.15) is 24.9 Å². The normalized spacial score (nSPS) is 12.7. The third-order valence-corrected chi connectivity index (χ3v) is 7.85. The SMILES string of the molecule is CC[C@H](C)NC(=O)[C@@H](C)N(CCc1ccccc1)C(=O)CN(c1ccc(OCc2ccccc2)cc1)S(C)(=O)=O. The molecule has 214 valence electrons. The molecule has 9 heteroatoms. The second-order valence-corrected chi connectivity index (χ2v) is 11.8. The maximum absolute atomic E-state index is 13.6. The first-order valence-electron chi connectivity index (χ1n) is 13.5. The van der Waals surface area contributed by atoms with Gasteiger partial charge in [0, 0.05) is 12.6 Å². The largest absolute Gasteiger partial charge is 0.489 e. The van der Waals surface area contributed by atoms with E-state index in [-0.39, 0.29) is 18.5 Å². The summed E-state index contributed by atoms with van der Waals surface area (Å²) in [6.07, 6.45) is 2.34. The topological polar surface area (TPSA) is 96.0 Å². The van der Waals surface area contributed by atoms with Crippen LogP contribution in [0.2, 0.25) is 0 Å². The third kappa shape index (κ3) is 9.12. The van der Waals surface area contributed by atoms with Crippen molar-refractivity contribution in [1.82, 2.24) is 10.2 Å². The number of carbonyl (C=O) groups is 2. The molecule has 0 heterocycles. The Morgan fingerprint density at radius 2 is 1.45 bits per heavy atom. The molecule has 0 unspecified atom stereocenters. The van der Waals surface area contributed by atoms with Gasteiger partial charge in [0.2, 0.25) is 21.8 Å². The van der Waals surface area contributed by atoms with E-state index >= 15 is 0 Å². The van der Waals surface area contributed by atoms with Crippen molar-refractivity contribution in [3.8, 4) is 5.75 Å². The molecule has 3 aromatic rings. The van der Waals surface area contributed by atoms with Crippen LogP contribution in [0.15, 0.2) is 84.9 Å². The first kappa shape index (κ1) is 30.7. The number of nitrogens with one attached hydrogen (secondary N) is 1. The Hall–Kier alpha value is -3.85. The molecule has 8 nitrogen and oxygen atoms in total. The lowest BCUT2D eigenvalue weighted by Crippen LogP contribution is -2.53. The van der Waals surface area contributed by atoms with Gasteiger partial charge in [-0.3, -0.25) is 13.9 Å². The smallest absolute Gasteiger partial charge is 0.244 e. The lowest BCUT2D eigenvalue weighted by molar-refractivity contribution is -0.139. The van der Waals surface area contributed by atoms with Crippen molar-refractivity contribution in [3.63, 3.8) is 0 Å². The molecule has 0 bridgehead atoms. The van der Waals surface area contributed by atoms with Crippen molar-refractivity contribution in [2.75, 3.05) is 23.7 Å². The lowest BCUT2D eigenvalue weighted by Gasteiger charge is -2.32. The predicted octanol–water partition coefficient (Wildman–Crippen LogP) is 4.41. The van der Waals surface area contributed by atoms with Gasteiger partial charge < -0.3 is 15.0 Å². The van der Waals surface area contributed by atoms with Crippen LogP contribution in [-0.2, 0) is 32.6 Å². The summed E-state index contributed by atoms with van der Waals surface area (Å²) < 4.78 is 32.5. The van der Waals surface area contributed by atoms with Crippen LogP contribution < -0.4 is 14.4 Å². The zero-order valence-corrected chi connectivity index (χ0v) is 24.4. The van der Waals surface area contributed by atoms with Crippen LogP contribution >= 0.6 is 0 Å². The molecule has 0 radical (unpaired) electrons. The minimum atomic E-state index is -3.81. The molecule has 0 saturated heterocycles. The molecule has 3 rings (SSSR count). The fourth-order valence-corrected chi connectivity index (χ4v) is 4.95. The number of anilines is 1. The minimum Gasteiger partial charge on any atom is -0.489 e. The molecule has 0 aliphatic carbocycles. The molecule has 3 aromatic carbocycles. The van der Waals surface area contributed by atoms with Gasteiger partial charge in [0.05, 0.1) is 11.9 Å². The highest BCUT2D eigenvalue weighted by Crippen LogP contribution is 2.23. The molecule has 2 atom stereocenters. The average molecular weight is 566 g/mol. The van der Waals surface area contributed by atoms with Crippen LogP contribution in [0.25, 0.3) is 0 Å². The van der Waals surface area contributed by atoms with Gasteiger partial charge in [0.25, 0.3) is 0 Å². The molecule has 0 spiro atoms. The van der Waals surface area contributed by atoms with Crippen LogP contribution in [0.5, 0.6) is 5.75 Å². The maximum Gasteiger partial charge on any atom is 0.244 e. The Balaban J connectivity index is 1.78. The van der Waals surface area contributed by atoms with Crippen molar-refractivity contribution in [2.45, 2.75) is 52.3 Å². The molecule has 40 heavy (non-hydrogen) atoms. The Kier molecular flexibility index (Phi) is 11.1. The van der Waals surface area contributed by atoms with Crippen molar-refractivity contribution in [2.24, 2.45) is 0 Å². The zero-order chi connectivity index (χ0) is 29.1. The van der Waals surface area contributed by atoms with E-state index in [4.69, 9.17) is 4.74 Å². The van der Waals surface area contributed by atoms with Crippen molar-refractivity contribution in [3.05, 3.63) is 96.1 Å². The summed E-state index contributed by atoms with van der Waals surface area (Å²) in [5, 5.41) is 2.93. The first-order valence-corrected chi connectivity index (χ1v) is 15.3. The summed E-state index contributed by atoms with van der Waals surface area (Å²) in [6, 6.07) is 25.1. The summed E-state index contributed by atoms with van der Waals surface area (Å²) in [7, 11) is -3.81. The Morgan fingerprint density at radius 1 is 0.875 bits per heavy atom. The molecule has 0 aromatic heterocycles. The van der Waals surface area contributed by atoms with Crippen molar-refractivity contribution in [1.29, 1.82) is 0 Å². The maximum atomic E-state index is 13.6. The number of rotatable bonds is 14. The van der Waals surface area contributed by atoms with E-state index < -0.39 is 28.5 Å². The molecule has 0 aliphatic heterocycles. The van der Waals surface area contributed by atoms with Gasteiger partial charge in [-0.05, 0) is 62.1 Å². The van der Waals surface area contributed by atoms with E-state index in [1.807, 2.05) is 74.5 Å². The second-order valence-electron chi connectivity index (χ2n) is 9.85.